The Bertz CT molecular complexity index is 1220. The summed E-state index contributed by atoms with van der Waals surface area (Å²) in [5, 5.41) is 0.554. The zero-order valence-electron chi connectivity index (χ0n) is 16.2. The third-order valence-corrected chi connectivity index (χ3v) is 5.20. The number of nitrogen functional groups attached to an aromatic ring is 1. The molecule has 0 spiro atoms. The number of carbonyl (C=O) groups excluding carboxylic acids is 1. The van der Waals surface area contributed by atoms with Crippen LogP contribution < -0.4 is 5.73 Å². The summed E-state index contributed by atoms with van der Waals surface area (Å²) in [4.78, 5) is 22.3. The lowest BCUT2D eigenvalue weighted by atomic mass is 10.1. The van der Waals surface area contributed by atoms with Crippen molar-refractivity contribution < 1.29 is 9.53 Å². The van der Waals surface area contributed by atoms with Gasteiger partial charge in [0.25, 0.3) is 0 Å². The van der Waals surface area contributed by atoms with E-state index in [1.165, 1.54) is 0 Å². The van der Waals surface area contributed by atoms with Crippen molar-refractivity contribution in [1.29, 1.82) is 0 Å². The summed E-state index contributed by atoms with van der Waals surface area (Å²) < 4.78 is 7.22. The fraction of sp³-hybridized carbons (Fsp3) is 0.227. The van der Waals surface area contributed by atoms with Crippen LogP contribution in [0.1, 0.15) is 30.6 Å². The number of halogens is 1. The van der Waals surface area contributed by atoms with Gasteiger partial charge < -0.3 is 10.5 Å². The van der Waals surface area contributed by atoms with Crippen molar-refractivity contribution in [2.75, 3.05) is 12.3 Å². The minimum Gasteiger partial charge on any atom is -0.462 e. The summed E-state index contributed by atoms with van der Waals surface area (Å²) >= 11 is 6.18. The zero-order chi connectivity index (χ0) is 20.5. The standard InChI is InChI=1S/C22H21ClN4O2/c1-3-13(2)12-29-22(28)18-19-21(26-17-10-5-4-9-16(17)25-19)27(20(18)24)15-8-6-7-14(23)11-15/h4-11,13H,3,12,24H2,1-2H3/t13-/m1/s1. The average Bonchev–Trinajstić information content (AvgIpc) is 3.00. The Labute approximate surface area is 173 Å². The van der Waals surface area contributed by atoms with E-state index >= 15 is 0 Å². The summed E-state index contributed by atoms with van der Waals surface area (Å²) in [5.74, 6) is -0.0155. The van der Waals surface area contributed by atoms with Crippen molar-refractivity contribution in [1.82, 2.24) is 14.5 Å². The van der Waals surface area contributed by atoms with Crippen LogP contribution in [0.25, 0.3) is 27.9 Å². The van der Waals surface area contributed by atoms with Gasteiger partial charge in [0.05, 0.1) is 23.3 Å². The molecular formula is C22H21ClN4O2. The molecule has 2 N–H and O–H groups in total. The molecule has 29 heavy (non-hydrogen) atoms. The summed E-state index contributed by atoms with van der Waals surface area (Å²) in [6.45, 7) is 4.40. The maximum atomic E-state index is 12.9. The molecule has 2 aromatic heterocycles. The molecule has 0 saturated carbocycles. The second-order valence-electron chi connectivity index (χ2n) is 7.07. The number of anilines is 1. The molecule has 0 aliphatic rings. The van der Waals surface area contributed by atoms with Gasteiger partial charge in [0.2, 0.25) is 0 Å². The molecule has 7 heteroatoms. The van der Waals surface area contributed by atoms with Crippen molar-refractivity contribution in [3.05, 3.63) is 59.1 Å². The lowest BCUT2D eigenvalue weighted by molar-refractivity contribution is 0.0450. The zero-order valence-corrected chi connectivity index (χ0v) is 17.0. The van der Waals surface area contributed by atoms with Crippen LogP contribution in [0.2, 0.25) is 5.02 Å². The maximum Gasteiger partial charge on any atom is 0.344 e. The quantitative estimate of drug-likeness (QED) is 0.469. The second kappa shape index (κ2) is 7.72. The van der Waals surface area contributed by atoms with Gasteiger partial charge in [0.1, 0.15) is 16.9 Å². The van der Waals surface area contributed by atoms with Crippen LogP contribution in [0.15, 0.2) is 48.5 Å². The number of carbonyl (C=O) groups is 1. The van der Waals surface area contributed by atoms with Crippen LogP contribution in [0.5, 0.6) is 0 Å². The molecule has 1 atom stereocenters. The van der Waals surface area contributed by atoms with Gasteiger partial charge in [-0.1, -0.05) is 50.1 Å². The normalized spacial score (nSPS) is 12.4. The van der Waals surface area contributed by atoms with E-state index in [2.05, 4.69) is 11.9 Å². The Hall–Kier alpha value is -3.12. The summed E-state index contributed by atoms with van der Waals surface area (Å²) in [6, 6.07) is 14.7. The van der Waals surface area contributed by atoms with Gasteiger partial charge in [0, 0.05) is 5.02 Å². The van der Waals surface area contributed by atoms with Crippen LogP contribution in [-0.2, 0) is 4.74 Å². The average molecular weight is 409 g/mol. The molecule has 2 heterocycles. The smallest absolute Gasteiger partial charge is 0.344 e. The largest absolute Gasteiger partial charge is 0.462 e. The molecule has 0 aliphatic heterocycles. The fourth-order valence-electron chi connectivity index (χ4n) is 3.15. The third kappa shape index (κ3) is 3.51. The van der Waals surface area contributed by atoms with Gasteiger partial charge in [0.15, 0.2) is 5.65 Å². The molecule has 0 fully saturated rings. The van der Waals surface area contributed by atoms with Crippen molar-refractivity contribution in [2.45, 2.75) is 20.3 Å². The number of hydrogen-bond donors (Lipinski definition) is 1. The van der Waals surface area contributed by atoms with E-state index < -0.39 is 5.97 Å². The highest BCUT2D eigenvalue weighted by molar-refractivity contribution is 6.30. The number of esters is 1. The maximum absolute atomic E-state index is 12.9. The number of nitrogens with two attached hydrogens (primary N) is 1. The molecule has 0 radical (unpaired) electrons. The molecule has 6 nitrogen and oxygen atoms in total. The van der Waals surface area contributed by atoms with E-state index in [1.54, 1.807) is 16.7 Å². The van der Waals surface area contributed by atoms with Gasteiger partial charge in [-0.05, 0) is 36.2 Å². The molecule has 2 aromatic carbocycles. The van der Waals surface area contributed by atoms with Crippen LogP contribution in [0.3, 0.4) is 0 Å². The van der Waals surface area contributed by atoms with Crippen LogP contribution in [-0.4, -0.2) is 27.1 Å². The number of para-hydroxylation sites is 2. The summed E-state index contributed by atoms with van der Waals surface area (Å²) in [7, 11) is 0. The highest BCUT2D eigenvalue weighted by Crippen LogP contribution is 2.32. The van der Waals surface area contributed by atoms with Gasteiger partial charge in [-0.3, -0.25) is 4.57 Å². The molecule has 4 aromatic rings. The first kappa shape index (κ1) is 19.2. The lowest BCUT2D eigenvalue weighted by Gasteiger charge is -2.10. The molecule has 0 unspecified atom stereocenters. The number of rotatable bonds is 5. The van der Waals surface area contributed by atoms with Gasteiger partial charge in [-0.15, -0.1) is 0 Å². The molecule has 148 valence electrons. The van der Waals surface area contributed by atoms with E-state index in [1.807, 2.05) is 43.3 Å². The van der Waals surface area contributed by atoms with Gasteiger partial charge in [-0.25, -0.2) is 14.8 Å². The number of fused-ring (bicyclic) bond motifs is 2. The number of nitrogens with zero attached hydrogens (tertiary/aromatic N) is 3. The fourth-order valence-corrected chi connectivity index (χ4v) is 3.33. The predicted molar refractivity (Wildman–Crippen MR) is 116 cm³/mol. The van der Waals surface area contributed by atoms with Crippen LogP contribution in [0.4, 0.5) is 5.82 Å². The molecule has 0 amide bonds. The third-order valence-electron chi connectivity index (χ3n) is 4.96. The Morgan fingerprint density at radius 2 is 1.90 bits per heavy atom. The Morgan fingerprint density at radius 1 is 1.17 bits per heavy atom. The number of aromatic nitrogens is 3. The highest BCUT2D eigenvalue weighted by atomic mass is 35.5. The second-order valence-corrected chi connectivity index (χ2v) is 7.51. The van der Waals surface area contributed by atoms with Crippen molar-refractivity contribution in [2.24, 2.45) is 5.92 Å². The summed E-state index contributed by atoms with van der Waals surface area (Å²) in [5.41, 5.74) is 9.65. The first-order valence-corrected chi connectivity index (χ1v) is 9.87. The molecule has 0 aliphatic carbocycles. The van der Waals surface area contributed by atoms with Crippen molar-refractivity contribution in [3.8, 4) is 5.69 Å². The molecule has 0 saturated heterocycles. The number of benzene rings is 2. The topological polar surface area (TPSA) is 83.0 Å². The molecule has 0 bridgehead atoms. The Balaban J connectivity index is 1.96. The van der Waals surface area contributed by atoms with E-state index in [0.717, 1.165) is 6.42 Å². The summed E-state index contributed by atoms with van der Waals surface area (Å²) in [6.07, 6.45) is 0.914. The van der Waals surface area contributed by atoms with E-state index in [-0.39, 0.29) is 17.3 Å². The Morgan fingerprint density at radius 3 is 2.59 bits per heavy atom. The molecular weight excluding hydrogens is 388 g/mol. The van der Waals surface area contributed by atoms with E-state index in [9.17, 15) is 4.79 Å². The van der Waals surface area contributed by atoms with Gasteiger partial charge in [-0.2, -0.15) is 0 Å². The molecule has 4 rings (SSSR count). The minimum atomic E-state index is -0.502. The predicted octanol–water partition coefficient (Wildman–Crippen LogP) is 5.01. The number of ether oxygens (including phenoxy) is 1. The highest BCUT2D eigenvalue weighted by Gasteiger charge is 2.26. The number of hydrogen-bond acceptors (Lipinski definition) is 5. The first-order valence-electron chi connectivity index (χ1n) is 9.49. The van der Waals surface area contributed by atoms with Crippen molar-refractivity contribution in [3.63, 3.8) is 0 Å². The SMILES string of the molecule is CC[C@@H](C)COC(=O)c1c(N)n(-c2cccc(Cl)c2)c2nc3ccccc3nc12. The van der Waals surface area contributed by atoms with E-state index in [4.69, 9.17) is 27.1 Å². The Kier molecular flexibility index (Phi) is 5.11. The van der Waals surface area contributed by atoms with Crippen LogP contribution >= 0.6 is 11.6 Å². The van der Waals surface area contributed by atoms with Gasteiger partial charge >= 0.3 is 5.97 Å². The minimum absolute atomic E-state index is 0.224. The van der Waals surface area contributed by atoms with E-state index in [0.29, 0.717) is 39.5 Å². The van der Waals surface area contributed by atoms with Crippen molar-refractivity contribution >= 4 is 45.6 Å². The first-order chi connectivity index (χ1) is 14.0. The van der Waals surface area contributed by atoms with Crippen LogP contribution in [0, 0.1) is 5.92 Å². The monoisotopic (exact) mass is 408 g/mol. The lowest BCUT2D eigenvalue weighted by Crippen LogP contribution is -2.13.